The van der Waals surface area contributed by atoms with Crippen molar-refractivity contribution in [3.63, 3.8) is 0 Å². The van der Waals surface area contributed by atoms with Crippen molar-refractivity contribution in [2.45, 2.75) is 4.90 Å². The Kier molecular flexibility index (Phi) is 6.07. The summed E-state index contributed by atoms with van der Waals surface area (Å²) in [5.41, 5.74) is 0.845. The standard InChI is InChI=1S/C18H19ClN2O3S/c19-14-6-7-17(24-13-18(22)23)16(12-14)20-8-10-21(11-9-20)25-15-4-2-1-3-5-15/h1-7,12H,8-11,13H2,(H,22,23). The van der Waals surface area contributed by atoms with Crippen LogP contribution in [0.4, 0.5) is 5.69 Å². The maximum absolute atomic E-state index is 10.8. The Morgan fingerprint density at radius 3 is 2.52 bits per heavy atom. The molecule has 0 saturated carbocycles. The first-order valence-electron chi connectivity index (χ1n) is 7.99. The summed E-state index contributed by atoms with van der Waals surface area (Å²) >= 11 is 7.88. The maximum atomic E-state index is 10.8. The van der Waals surface area contributed by atoms with Crippen LogP contribution < -0.4 is 9.64 Å². The number of ether oxygens (including phenoxy) is 1. The molecule has 1 heterocycles. The third kappa shape index (κ3) is 5.04. The number of carboxylic acid groups (broad SMARTS) is 1. The SMILES string of the molecule is O=C(O)COc1ccc(Cl)cc1N1CCN(Sc2ccccc2)CC1. The number of aliphatic carboxylic acids is 1. The molecule has 1 aliphatic rings. The predicted molar refractivity (Wildman–Crippen MR) is 101 cm³/mol. The van der Waals surface area contributed by atoms with Crippen LogP contribution in [0.1, 0.15) is 0 Å². The zero-order valence-corrected chi connectivity index (χ0v) is 15.2. The highest BCUT2D eigenvalue weighted by Crippen LogP contribution is 2.33. The second-order valence-electron chi connectivity index (χ2n) is 5.61. The number of halogens is 1. The molecule has 1 saturated heterocycles. The van der Waals surface area contributed by atoms with E-state index in [2.05, 4.69) is 21.3 Å². The van der Waals surface area contributed by atoms with Crippen LogP contribution in [0.15, 0.2) is 53.4 Å². The van der Waals surface area contributed by atoms with E-state index < -0.39 is 5.97 Å². The third-order valence-corrected chi connectivity index (χ3v) is 5.17. The molecular weight excluding hydrogens is 360 g/mol. The van der Waals surface area contributed by atoms with Crippen LogP contribution in [0, 0.1) is 0 Å². The number of rotatable bonds is 6. The topological polar surface area (TPSA) is 53.0 Å². The van der Waals surface area contributed by atoms with Gasteiger partial charge in [0.1, 0.15) is 5.75 Å². The molecule has 0 spiro atoms. The number of nitrogens with zero attached hydrogens (tertiary/aromatic N) is 2. The van der Waals surface area contributed by atoms with Crippen LogP contribution in [0.25, 0.3) is 0 Å². The molecule has 1 N–H and O–H groups in total. The molecule has 25 heavy (non-hydrogen) atoms. The number of benzene rings is 2. The fourth-order valence-corrected chi connectivity index (χ4v) is 3.74. The maximum Gasteiger partial charge on any atom is 0.341 e. The first kappa shape index (κ1) is 17.9. The fourth-order valence-electron chi connectivity index (χ4n) is 2.65. The van der Waals surface area contributed by atoms with Gasteiger partial charge < -0.3 is 14.7 Å². The quantitative estimate of drug-likeness (QED) is 0.774. The van der Waals surface area contributed by atoms with E-state index in [1.165, 1.54) is 4.90 Å². The molecule has 5 nitrogen and oxygen atoms in total. The Hall–Kier alpha value is -1.89. The van der Waals surface area contributed by atoms with Gasteiger partial charge in [0.2, 0.25) is 0 Å². The third-order valence-electron chi connectivity index (χ3n) is 3.83. The van der Waals surface area contributed by atoms with E-state index in [4.69, 9.17) is 21.4 Å². The molecule has 0 aromatic heterocycles. The Morgan fingerprint density at radius 2 is 1.84 bits per heavy atom. The van der Waals surface area contributed by atoms with Crippen LogP contribution >= 0.6 is 23.5 Å². The highest BCUT2D eigenvalue weighted by molar-refractivity contribution is 7.97. The van der Waals surface area contributed by atoms with Crippen molar-refractivity contribution < 1.29 is 14.6 Å². The second-order valence-corrected chi connectivity index (χ2v) is 7.22. The Balaban J connectivity index is 1.64. The zero-order valence-electron chi connectivity index (χ0n) is 13.6. The Morgan fingerprint density at radius 1 is 1.12 bits per heavy atom. The summed E-state index contributed by atoms with van der Waals surface area (Å²) in [6.45, 7) is 3.07. The number of carboxylic acids is 1. The summed E-state index contributed by atoms with van der Waals surface area (Å²) in [5, 5.41) is 9.44. The first-order valence-corrected chi connectivity index (χ1v) is 9.14. The van der Waals surface area contributed by atoms with E-state index in [0.29, 0.717) is 10.8 Å². The summed E-state index contributed by atoms with van der Waals surface area (Å²) in [5.74, 6) is -0.444. The van der Waals surface area contributed by atoms with E-state index in [1.807, 2.05) is 24.3 Å². The fraction of sp³-hybridized carbons (Fsp3) is 0.278. The van der Waals surface area contributed by atoms with Gasteiger partial charge in [0, 0.05) is 36.1 Å². The number of carbonyl (C=O) groups is 1. The van der Waals surface area contributed by atoms with Crippen LogP contribution in [-0.2, 0) is 4.79 Å². The average molecular weight is 379 g/mol. The number of anilines is 1. The summed E-state index contributed by atoms with van der Waals surface area (Å²) in [6, 6.07) is 15.6. The lowest BCUT2D eigenvalue weighted by atomic mass is 10.2. The molecule has 2 aromatic carbocycles. The van der Waals surface area contributed by atoms with E-state index in [-0.39, 0.29) is 6.61 Å². The molecule has 2 aromatic rings. The Labute approximate surface area is 156 Å². The van der Waals surface area contributed by atoms with Crippen LogP contribution in [-0.4, -0.2) is 48.2 Å². The molecule has 7 heteroatoms. The molecule has 0 amide bonds. The smallest absolute Gasteiger partial charge is 0.341 e. The minimum absolute atomic E-state index is 0.363. The lowest BCUT2D eigenvalue weighted by Gasteiger charge is -2.36. The summed E-state index contributed by atoms with van der Waals surface area (Å²) < 4.78 is 7.74. The van der Waals surface area contributed by atoms with E-state index in [1.54, 1.807) is 24.1 Å². The molecule has 1 aliphatic heterocycles. The summed E-state index contributed by atoms with van der Waals surface area (Å²) in [6.07, 6.45) is 0. The molecule has 0 unspecified atom stereocenters. The van der Waals surface area contributed by atoms with Crippen LogP contribution in [0.5, 0.6) is 5.75 Å². The normalized spacial score (nSPS) is 15.2. The molecule has 0 atom stereocenters. The Bertz CT molecular complexity index is 722. The molecule has 0 bridgehead atoms. The van der Waals surface area contributed by atoms with E-state index in [9.17, 15) is 4.79 Å². The van der Waals surface area contributed by atoms with Gasteiger partial charge >= 0.3 is 5.97 Å². The van der Waals surface area contributed by atoms with Crippen molar-refractivity contribution >= 4 is 35.2 Å². The van der Waals surface area contributed by atoms with Crippen molar-refractivity contribution in [2.24, 2.45) is 0 Å². The predicted octanol–water partition coefficient (Wildman–Crippen LogP) is 3.63. The minimum Gasteiger partial charge on any atom is -0.480 e. The minimum atomic E-state index is -0.995. The van der Waals surface area contributed by atoms with Gasteiger partial charge in [-0.2, -0.15) is 0 Å². The second kappa shape index (κ2) is 8.47. The van der Waals surface area contributed by atoms with Crippen molar-refractivity contribution in [3.8, 4) is 5.75 Å². The number of piperazine rings is 1. The van der Waals surface area contributed by atoms with Crippen molar-refractivity contribution in [2.75, 3.05) is 37.7 Å². The van der Waals surface area contributed by atoms with Gasteiger partial charge in [-0.1, -0.05) is 29.8 Å². The largest absolute Gasteiger partial charge is 0.480 e. The van der Waals surface area contributed by atoms with Crippen LogP contribution in [0.3, 0.4) is 0 Å². The zero-order chi connectivity index (χ0) is 17.6. The molecule has 3 rings (SSSR count). The van der Waals surface area contributed by atoms with Gasteiger partial charge in [0.15, 0.2) is 6.61 Å². The molecule has 0 radical (unpaired) electrons. The van der Waals surface area contributed by atoms with Crippen molar-refractivity contribution in [1.29, 1.82) is 0 Å². The van der Waals surface area contributed by atoms with Gasteiger partial charge in [0.25, 0.3) is 0 Å². The highest BCUT2D eigenvalue weighted by Gasteiger charge is 2.21. The molecular formula is C18H19ClN2O3S. The van der Waals surface area contributed by atoms with E-state index >= 15 is 0 Å². The lowest BCUT2D eigenvalue weighted by molar-refractivity contribution is -0.139. The summed E-state index contributed by atoms with van der Waals surface area (Å²) in [4.78, 5) is 14.2. The van der Waals surface area contributed by atoms with Gasteiger partial charge in [-0.3, -0.25) is 0 Å². The van der Waals surface area contributed by atoms with Gasteiger partial charge in [-0.15, -0.1) is 0 Å². The molecule has 0 aliphatic carbocycles. The summed E-state index contributed by atoms with van der Waals surface area (Å²) in [7, 11) is 0. The van der Waals surface area contributed by atoms with E-state index in [0.717, 1.165) is 31.9 Å². The van der Waals surface area contributed by atoms with Gasteiger partial charge in [0.05, 0.1) is 5.69 Å². The number of hydrogen-bond donors (Lipinski definition) is 1. The molecule has 132 valence electrons. The van der Waals surface area contributed by atoms with Crippen molar-refractivity contribution in [3.05, 3.63) is 53.6 Å². The lowest BCUT2D eigenvalue weighted by Crippen LogP contribution is -2.43. The van der Waals surface area contributed by atoms with Gasteiger partial charge in [-0.05, 0) is 42.3 Å². The molecule has 1 fully saturated rings. The van der Waals surface area contributed by atoms with Crippen molar-refractivity contribution in [1.82, 2.24) is 4.31 Å². The van der Waals surface area contributed by atoms with Crippen LogP contribution in [0.2, 0.25) is 5.02 Å². The monoisotopic (exact) mass is 378 g/mol. The first-order chi connectivity index (χ1) is 12.1. The highest BCUT2D eigenvalue weighted by atomic mass is 35.5. The average Bonchev–Trinajstić information content (AvgIpc) is 2.62. The van der Waals surface area contributed by atoms with Gasteiger partial charge in [-0.25, -0.2) is 9.10 Å². The number of hydrogen-bond acceptors (Lipinski definition) is 5.